The van der Waals surface area contributed by atoms with E-state index in [0.29, 0.717) is 36.7 Å². The van der Waals surface area contributed by atoms with Crippen LogP contribution in [0.2, 0.25) is 0 Å². The van der Waals surface area contributed by atoms with Crippen molar-refractivity contribution in [3.8, 4) is 11.5 Å². The molecule has 12 nitrogen and oxygen atoms in total. The van der Waals surface area contributed by atoms with Gasteiger partial charge in [-0.15, -0.1) is 0 Å². The Morgan fingerprint density at radius 2 is 1.53 bits per heavy atom. The van der Waals surface area contributed by atoms with Gasteiger partial charge in [-0.25, -0.2) is 19.6 Å². The fourth-order valence-electron chi connectivity index (χ4n) is 3.78. The Morgan fingerprint density at radius 1 is 0.872 bits per heavy atom. The van der Waals surface area contributed by atoms with Crippen molar-refractivity contribution >= 4 is 23.4 Å². The molecule has 0 bridgehead atoms. The summed E-state index contributed by atoms with van der Waals surface area (Å²) >= 11 is 0. The molecule has 0 aliphatic carbocycles. The molecule has 248 valence electrons. The molecule has 5 aromatic heterocycles. The summed E-state index contributed by atoms with van der Waals surface area (Å²) < 4.78 is 67.4. The van der Waals surface area contributed by atoms with Crippen molar-refractivity contribution in [2.75, 3.05) is 6.54 Å². The van der Waals surface area contributed by atoms with Gasteiger partial charge in [0.2, 0.25) is 0 Å². The molecule has 5 rings (SSSR count). The first-order valence-corrected chi connectivity index (χ1v) is 13.3. The fraction of sp³-hybridized carbons (Fsp3) is 0.207. The van der Waals surface area contributed by atoms with E-state index in [1.165, 1.54) is 0 Å². The molecule has 5 heterocycles. The number of imidazole rings is 2. The number of aliphatic carboxylic acids is 2. The van der Waals surface area contributed by atoms with Crippen LogP contribution in [-0.4, -0.2) is 75.9 Å². The smallest absolute Gasteiger partial charge is 0.475 e. The first kappa shape index (κ1) is 35.7. The second kappa shape index (κ2) is 15.5. The van der Waals surface area contributed by atoms with E-state index in [9.17, 15) is 31.1 Å². The standard InChI is InChI=1S/C25H23N7O.2C2HF3O2/c1-18-29-21(17-31(18)16-19-7-6-11-26-15-19)24-30-23(22-9-3-5-14-32(22)24)25(33)28-13-10-20-8-2-4-12-27-20;2*3-2(4,5)1(6)7/h2-9,11-12,14-15,17H,10,13,16H2,1H3,(H,28,33);2*(H,6,7). The van der Waals surface area contributed by atoms with Gasteiger partial charge in [0.25, 0.3) is 5.91 Å². The van der Waals surface area contributed by atoms with E-state index in [0.717, 1.165) is 22.6 Å². The van der Waals surface area contributed by atoms with Crippen molar-refractivity contribution in [1.82, 2.24) is 34.2 Å². The van der Waals surface area contributed by atoms with Gasteiger partial charge in [-0.05, 0) is 42.8 Å². The average molecular weight is 666 g/mol. The van der Waals surface area contributed by atoms with E-state index in [2.05, 4.69) is 19.9 Å². The van der Waals surface area contributed by atoms with Gasteiger partial charge in [0.1, 0.15) is 11.5 Å². The zero-order valence-electron chi connectivity index (χ0n) is 24.2. The summed E-state index contributed by atoms with van der Waals surface area (Å²) in [5, 5.41) is 17.2. The number of amides is 1. The third-order valence-corrected chi connectivity index (χ3v) is 5.92. The highest BCUT2D eigenvalue weighted by Gasteiger charge is 2.38. The summed E-state index contributed by atoms with van der Waals surface area (Å²) in [6.07, 6.45) is -0.289. The Hall–Kier alpha value is -5.81. The lowest BCUT2D eigenvalue weighted by atomic mass is 10.2. The SMILES string of the molecule is Cc1nc(-c2nc(C(=O)NCCc3ccccn3)c3ccccn23)cn1Cc1cccnc1.O=C(O)C(F)(F)F.O=C(O)C(F)(F)F. The number of aryl methyl sites for hydroxylation is 1. The van der Waals surface area contributed by atoms with Gasteiger partial charge >= 0.3 is 24.3 Å². The monoisotopic (exact) mass is 665 g/mol. The number of hydrogen-bond acceptors (Lipinski definition) is 7. The summed E-state index contributed by atoms with van der Waals surface area (Å²) in [4.78, 5) is 48.7. The topological polar surface area (TPSA) is 165 Å². The largest absolute Gasteiger partial charge is 0.490 e. The van der Waals surface area contributed by atoms with E-state index >= 15 is 0 Å². The predicted octanol–water partition coefficient (Wildman–Crippen LogP) is 4.58. The number of fused-ring (bicyclic) bond motifs is 1. The molecule has 0 unspecified atom stereocenters. The minimum Gasteiger partial charge on any atom is -0.475 e. The van der Waals surface area contributed by atoms with Crippen LogP contribution in [0.4, 0.5) is 26.3 Å². The van der Waals surface area contributed by atoms with Crippen LogP contribution in [-0.2, 0) is 22.6 Å². The van der Waals surface area contributed by atoms with E-state index in [1.54, 1.807) is 12.4 Å². The van der Waals surface area contributed by atoms with Crippen LogP contribution in [0.25, 0.3) is 17.0 Å². The molecule has 0 atom stereocenters. The maximum atomic E-state index is 13.0. The van der Waals surface area contributed by atoms with E-state index in [1.807, 2.05) is 78.4 Å². The summed E-state index contributed by atoms with van der Waals surface area (Å²) in [5.41, 5.74) is 3.85. The lowest BCUT2D eigenvalue weighted by Gasteiger charge is -2.03. The zero-order valence-corrected chi connectivity index (χ0v) is 24.2. The van der Waals surface area contributed by atoms with Gasteiger partial charge in [-0.3, -0.25) is 19.2 Å². The molecule has 0 radical (unpaired) electrons. The van der Waals surface area contributed by atoms with Crippen LogP contribution < -0.4 is 5.32 Å². The molecule has 0 aliphatic heterocycles. The summed E-state index contributed by atoms with van der Waals surface area (Å²) in [7, 11) is 0. The molecular formula is C29H25F6N7O5. The predicted molar refractivity (Wildman–Crippen MR) is 152 cm³/mol. The van der Waals surface area contributed by atoms with Crippen LogP contribution in [0.15, 0.2) is 79.5 Å². The lowest BCUT2D eigenvalue weighted by Crippen LogP contribution is -2.26. The number of rotatable bonds is 7. The van der Waals surface area contributed by atoms with Gasteiger partial charge in [0, 0.05) is 49.6 Å². The summed E-state index contributed by atoms with van der Waals surface area (Å²) in [6.45, 7) is 3.10. The second-order valence-electron chi connectivity index (χ2n) is 9.34. The number of nitrogens with one attached hydrogen (secondary N) is 1. The number of alkyl halides is 6. The van der Waals surface area contributed by atoms with Crippen molar-refractivity contribution in [2.45, 2.75) is 32.2 Å². The Labute approximate surface area is 261 Å². The fourth-order valence-corrected chi connectivity index (χ4v) is 3.78. The van der Waals surface area contributed by atoms with Crippen LogP contribution in [0.5, 0.6) is 0 Å². The van der Waals surface area contributed by atoms with Crippen LogP contribution in [0, 0.1) is 6.92 Å². The molecule has 47 heavy (non-hydrogen) atoms. The number of pyridine rings is 3. The second-order valence-corrected chi connectivity index (χ2v) is 9.34. The van der Waals surface area contributed by atoms with Crippen molar-refractivity contribution in [1.29, 1.82) is 0 Å². The third kappa shape index (κ3) is 10.4. The number of carbonyl (C=O) groups is 3. The Balaban J connectivity index is 0.000000360. The molecule has 0 saturated heterocycles. The number of nitrogens with zero attached hydrogens (tertiary/aromatic N) is 6. The van der Waals surface area contributed by atoms with Crippen molar-refractivity contribution < 1.29 is 50.9 Å². The molecule has 0 aromatic carbocycles. The number of carboxylic acids is 2. The van der Waals surface area contributed by atoms with E-state index in [4.69, 9.17) is 29.8 Å². The summed E-state index contributed by atoms with van der Waals surface area (Å²) in [5.74, 6) is -4.23. The highest BCUT2D eigenvalue weighted by Crippen LogP contribution is 2.23. The maximum Gasteiger partial charge on any atom is 0.490 e. The third-order valence-electron chi connectivity index (χ3n) is 5.92. The van der Waals surface area contributed by atoms with Gasteiger partial charge in [0.15, 0.2) is 11.5 Å². The first-order valence-electron chi connectivity index (χ1n) is 13.3. The molecule has 0 fully saturated rings. The molecule has 0 saturated carbocycles. The van der Waals surface area contributed by atoms with Crippen molar-refractivity contribution in [3.05, 3.63) is 102 Å². The van der Waals surface area contributed by atoms with Crippen LogP contribution >= 0.6 is 0 Å². The lowest BCUT2D eigenvalue weighted by molar-refractivity contribution is -0.193. The number of carboxylic acid groups (broad SMARTS) is 2. The number of halogens is 6. The van der Waals surface area contributed by atoms with Crippen molar-refractivity contribution in [3.63, 3.8) is 0 Å². The highest BCUT2D eigenvalue weighted by atomic mass is 19.4. The average Bonchev–Trinajstić information content (AvgIpc) is 3.58. The van der Waals surface area contributed by atoms with E-state index in [-0.39, 0.29) is 5.91 Å². The number of carbonyl (C=O) groups excluding carboxylic acids is 1. The minimum absolute atomic E-state index is 0.215. The van der Waals surface area contributed by atoms with Crippen LogP contribution in [0.3, 0.4) is 0 Å². The Kier molecular flexibility index (Phi) is 11.7. The first-order chi connectivity index (χ1) is 22.1. The Morgan fingerprint density at radius 3 is 2.11 bits per heavy atom. The molecule has 18 heteroatoms. The maximum absolute atomic E-state index is 13.0. The number of hydrogen-bond donors (Lipinski definition) is 3. The molecule has 0 spiro atoms. The molecule has 3 N–H and O–H groups in total. The zero-order chi connectivity index (χ0) is 34.8. The normalized spacial score (nSPS) is 11.1. The van der Waals surface area contributed by atoms with Gasteiger partial charge in [-0.2, -0.15) is 26.3 Å². The molecular weight excluding hydrogens is 640 g/mol. The highest BCUT2D eigenvalue weighted by molar-refractivity contribution is 6.00. The quantitative estimate of drug-likeness (QED) is 0.211. The van der Waals surface area contributed by atoms with Gasteiger partial charge in [-0.1, -0.05) is 18.2 Å². The molecule has 5 aromatic rings. The van der Waals surface area contributed by atoms with Gasteiger partial charge in [0.05, 0.1) is 12.1 Å². The van der Waals surface area contributed by atoms with Crippen molar-refractivity contribution in [2.24, 2.45) is 0 Å². The van der Waals surface area contributed by atoms with Gasteiger partial charge < -0.3 is 20.1 Å². The van der Waals surface area contributed by atoms with Crippen LogP contribution in [0.1, 0.15) is 27.6 Å². The molecule has 0 aliphatic rings. The number of aromatic nitrogens is 6. The van der Waals surface area contributed by atoms with E-state index < -0.39 is 24.3 Å². The minimum atomic E-state index is -5.08. The Bertz CT molecular complexity index is 1780. The molecule has 1 amide bonds. The summed E-state index contributed by atoms with van der Waals surface area (Å²) in [6, 6.07) is 15.4.